The van der Waals surface area contributed by atoms with Crippen molar-refractivity contribution in [3.05, 3.63) is 0 Å². The number of hydrogen-bond donors (Lipinski definition) is 0. The van der Waals surface area contributed by atoms with E-state index in [1.165, 1.54) is 0 Å². The summed E-state index contributed by atoms with van der Waals surface area (Å²) in [6.45, 7) is 0. The molecule has 0 radical (unpaired) electrons. The molecular formula is O12. The van der Waals surface area contributed by atoms with Gasteiger partial charge in [-0.1, -0.05) is 0 Å². The summed E-state index contributed by atoms with van der Waals surface area (Å²) in [4.78, 5) is 0. The molecule has 0 aromatic heterocycles. The molecule has 0 unspecified atom stereocenters. The predicted octanol–water partition coefficient (Wildman–Crippen LogP) is -0.821. The molecule has 0 aromatic carbocycles. The highest BCUT2D eigenvalue weighted by Gasteiger charge is 2.01. The van der Waals surface area contributed by atoms with Crippen LogP contribution in [0.5, 0.6) is 0 Å². The summed E-state index contributed by atoms with van der Waals surface area (Å²) in [6.07, 6.45) is 0. The lowest BCUT2D eigenvalue weighted by molar-refractivity contribution is -0.914. The minimum atomic E-state index is 3.50. The highest BCUT2D eigenvalue weighted by Crippen LogP contribution is 1.94. The van der Waals surface area contributed by atoms with Crippen LogP contribution in [0.15, 0.2) is 0 Å². The van der Waals surface area contributed by atoms with Gasteiger partial charge in [-0.3, -0.25) is 0 Å². The van der Waals surface area contributed by atoms with Crippen LogP contribution in [-0.4, -0.2) is 0 Å². The molecule has 0 aliphatic carbocycles. The summed E-state index contributed by atoms with van der Waals surface area (Å²) in [5.74, 6) is 0. The zero-order chi connectivity index (χ0) is 8.49. The van der Waals surface area contributed by atoms with E-state index in [4.69, 9.17) is 0 Å². The van der Waals surface area contributed by atoms with Crippen LogP contribution in [0, 0.1) is 0 Å². The Morgan fingerprint density at radius 2 is 0.250 bits per heavy atom. The Bertz CT molecular complexity index is 43.0. The Labute approximate surface area is 61.9 Å². The van der Waals surface area contributed by atoms with Gasteiger partial charge in [0.25, 0.3) is 0 Å². The molecule has 1 aliphatic heterocycles. The van der Waals surface area contributed by atoms with Gasteiger partial charge in [0, 0.05) is 60.5 Å². The summed E-state index contributed by atoms with van der Waals surface area (Å²) in [5, 5.41) is 42.0. The predicted molar refractivity (Wildman–Crippen MR) is 13.0 cm³/mol. The highest BCUT2D eigenvalue weighted by atomic mass is 18.0. The van der Waals surface area contributed by atoms with Crippen molar-refractivity contribution in [1.29, 1.82) is 0 Å². The molecule has 0 N–H and O–H groups in total. The van der Waals surface area contributed by atoms with E-state index in [1.54, 1.807) is 0 Å². The Balaban J connectivity index is 2.00. The van der Waals surface area contributed by atoms with Gasteiger partial charge in [-0.25, -0.2) is 0 Å². The van der Waals surface area contributed by atoms with Gasteiger partial charge in [-0.15, -0.1) is 0 Å². The van der Waals surface area contributed by atoms with Crippen LogP contribution < -0.4 is 0 Å². The minimum absolute atomic E-state index is 3.50. The summed E-state index contributed by atoms with van der Waals surface area (Å²) < 4.78 is 0. The van der Waals surface area contributed by atoms with Gasteiger partial charge in [0.1, 0.15) is 0 Å². The fraction of sp³-hybridized carbons (Fsp3) is 0. The molecule has 0 atom stereocenters. The molecule has 1 fully saturated rings. The average Bonchev–Trinajstić information content (AvgIpc) is 2.05. The quantitative estimate of drug-likeness (QED) is 0.446. The maximum atomic E-state index is 3.50. The topological polar surface area (TPSA) is 111 Å². The molecule has 1 rings (SSSR count). The second-order valence-electron chi connectivity index (χ2n) is 0.816. The Morgan fingerprint density at radius 1 is 0.167 bits per heavy atom. The first-order chi connectivity index (χ1) is 6.00. The lowest BCUT2D eigenvalue weighted by Gasteiger charge is -2.00. The van der Waals surface area contributed by atoms with Gasteiger partial charge in [-0.05, 0) is 0 Å². The number of hydrogen-bond acceptors (Lipinski definition) is 12. The second kappa shape index (κ2) is 7.18. The van der Waals surface area contributed by atoms with Crippen molar-refractivity contribution in [2.75, 3.05) is 0 Å². The lowest BCUT2D eigenvalue weighted by Crippen LogP contribution is -2.07. The van der Waals surface area contributed by atoms with Crippen LogP contribution in [-0.2, 0) is 60.5 Å². The maximum Gasteiger partial charge on any atom is 0 e. The van der Waals surface area contributed by atoms with Crippen molar-refractivity contribution in [3.63, 3.8) is 0 Å². The van der Waals surface area contributed by atoms with Crippen molar-refractivity contribution in [2.24, 2.45) is 0 Å². The second-order valence-corrected chi connectivity index (χ2v) is 0.816. The first-order valence-corrected chi connectivity index (χ1v) is 2.00. The monoisotopic (exact) mass is 192 g/mol. The third kappa shape index (κ3) is 5.21. The summed E-state index contributed by atoms with van der Waals surface area (Å²) in [7, 11) is 0. The standard InChI is InChI=1S/O12/c1-2-4-6-8-10-12-11-9-7-5-3-1. The van der Waals surface area contributed by atoms with Crippen LogP contribution in [0.1, 0.15) is 0 Å². The summed E-state index contributed by atoms with van der Waals surface area (Å²) in [5.41, 5.74) is 0. The van der Waals surface area contributed by atoms with Gasteiger partial charge < -0.3 is 0 Å². The SMILES string of the molecule is O1OOOOOOOOOOO1. The molecule has 1 aliphatic rings. The highest BCUT2D eigenvalue weighted by molar-refractivity contribution is 3.09. The number of rotatable bonds is 0. The molecule has 1 heterocycles. The molecular weight excluding hydrogens is 192 g/mol. The first-order valence-electron chi connectivity index (χ1n) is 2.00. The largest absolute Gasteiger partial charge is 0 e. The molecule has 0 bridgehead atoms. The Hall–Kier alpha value is -0.480. The molecule has 0 spiro atoms. The molecule has 1 saturated heterocycles. The molecule has 12 nitrogen and oxygen atoms in total. The normalized spacial score (nSPS) is 24.0. The minimum Gasteiger partial charge on any atom is 0 e. The first kappa shape index (κ1) is 9.61. The van der Waals surface area contributed by atoms with Crippen LogP contribution in [0.25, 0.3) is 0 Å². The summed E-state index contributed by atoms with van der Waals surface area (Å²) in [6, 6.07) is 0. The van der Waals surface area contributed by atoms with E-state index in [9.17, 15) is 0 Å². The average molecular weight is 192 g/mol. The maximum absolute atomic E-state index is 3.50. The lowest BCUT2D eigenvalue weighted by atomic mass is 14.0. The molecule has 72 valence electrons. The van der Waals surface area contributed by atoms with Gasteiger partial charge in [0.15, 0.2) is 0 Å². The zero-order valence-corrected chi connectivity index (χ0v) is 4.90. The van der Waals surface area contributed by atoms with Crippen LogP contribution in [0.2, 0.25) is 0 Å². The molecule has 0 aromatic rings. The molecule has 12 heteroatoms. The van der Waals surface area contributed by atoms with Crippen LogP contribution in [0.4, 0.5) is 0 Å². The Morgan fingerprint density at radius 3 is 0.333 bits per heavy atom. The van der Waals surface area contributed by atoms with Gasteiger partial charge in [-0.2, -0.15) is 0 Å². The van der Waals surface area contributed by atoms with E-state index in [1.807, 2.05) is 0 Å². The fourth-order valence-corrected chi connectivity index (χ4v) is 0.136. The van der Waals surface area contributed by atoms with Crippen molar-refractivity contribution in [3.8, 4) is 0 Å². The van der Waals surface area contributed by atoms with Crippen molar-refractivity contribution in [1.82, 2.24) is 0 Å². The van der Waals surface area contributed by atoms with E-state index in [0.717, 1.165) is 0 Å². The third-order valence-electron chi connectivity index (χ3n) is 0.333. The van der Waals surface area contributed by atoms with Gasteiger partial charge >= 0.3 is 0 Å². The Kier molecular flexibility index (Phi) is 5.75. The molecule has 12 heavy (non-hydrogen) atoms. The van der Waals surface area contributed by atoms with E-state index in [-0.39, 0.29) is 0 Å². The molecule has 0 amide bonds. The van der Waals surface area contributed by atoms with Crippen LogP contribution in [0.3, 0.4) is 0 Å². The van der Waals surface area contributed by atoms with E-state index in [0.29, 0.717) is 0 Å². The smallest absolute Gasteiger partial charge is 0 e. The van der Waals surface area contributed by atoms with E-state index < -0.39 is 0 Å². The van der Waals surface area contributed by atoms with Gasteiger partial charge in [0.2, 0.25) is 0 Å². The van der Waals surface area contributed by atoms with Crippen LogP contribution >= 0.6 is 0 Å². The van der Waals surface area contributed by atoms with E-state index >= 15 is 0 Å². The van der Waals surface area contributed by atoms with Gasteiger partial charge in [0.05, 0.1) is 0 Å². The summed E-state index contributed by atoms with van der Waals surface area (Å²) >= 11 is 0. The third-order valence-corrected chi connectivity index (χ3v) is 0.333. The van der Waals surface area contributed by atoms with Crippen molar-refractivity contribution < 1.29 is 60.5 Å². The fourth-order valence-electron chi connectivity index (χ4n) is 0.136. The zero-order valence-electron chi connectivity index (χ0n) is 4.90. The van der Waals surface area contributed by atoms with E-state index in [2.05, 4.69) is 60.5 Å². The molecule has 0 saturated carbocycles. The van der Waals surface area contributed by atoms with Crippen molar-refractivity contribution in [2.45, 2.75) is 0 Å². The van der Waals surface area contributed by atoms with Crippen molar-refractivity contribution >= 4 is 0 Å².